The van der Waals surface area contributed by atoms with Crippen molar-refractivity contribution >= 4 is 68.5 Å². The summed E-state index contributed by atoms with van der Waals surface area (Å²) in [6.45, 7) is 17.7. The Balaban J connectivity index is 0.000000133. The molecular formula is C104H130N20O8. The number of aryl methyl sites for hydroxylation is 1. The fraction of sp³-hybridized carbons (Fsp3) is 0.423. The molecule has 1 unspecified atom stereocenters. The van der Waals surface area contributed by atoms with Crippen LogP contribution in [0, 0.1) is 6.92 Å². The van der Waals surface area contributed by atoms with Crippen LogP contribution in [-0.4, -0.2) is 196 Å². The number of carbonyl (C=O) groups excluding carboxylic acids is 1. The van der Waals surface area contributed by atoms with E-state index in [2.05, 4.69) is 209 Å². The van der Waals surface area contributed by atoms with E-state index in [4.69, 9.17) is 61.8 Å². The Hall–Kier alpha value is -12.6. The highest BCUT2D eigenvalue weighted by Crippen LogP contribution is 2.40. The van der Waals surface area contributed by atoms with Crippen molar-refractivity contribution in [2.75, 3.05) is 154 Å². The molecule has 0 radical (unpaired) electrons. The number of benzene rings is 4. The van der Waals surface area contributed by atoms with E-state index in [-0.39, 0.29) is 5.91 Å². The summed E-state index contributed by atoms with van der Waals surface area (Å²) < 4.78 is 38.0. The molecule has 3 aliphatic heterocycles. The van der Waals surface area contributed by atoms with Gasteiger partial charge in [0.2, 0.25) is 5.91 Å². The van der Waals surface area contributed by atoms with Gasteiger partial charge >= 0.3 is 30.1 Å². The zero-order valence-corrected chi connectivity index (χ0v) is 78.3. The fourth-order valence-corrected chi connectivity index (χ4v) is 17.4. The number of rotatable bonds is 33. The van der Waals surface area contributed by atoms with Crippen molar-refractivity contribution in [3.63, 3.8) is 0 Å². The summed E-state index contributed by atoms with van der Waals surface area (Å²) in [6, 6.07) is 43.2. The molecule has 9 heterocycles. The highest BCUT2D eigenvalue weighted by Gasteiger charge is 2.30. The summed E-state index contributed by atoms with van der Waals surface area (Å²) in [5.74, 6) is 3.41. The van der Waals surface area contributed by atoms with Gasteiger partial charge in [0.1, 0.15) is 42.3 Å². The van der Waals surface area contributed by atoms with E-state index in [1.165, 1.54) is 95.4 Å². The first-order valence-corrected chi connectivity index (χ1v) is 46.8. The third kappa shape index (κ3) is 25.4. The van der Waals surface area contributed by atoms with Crippen LogP contribution in [0.15, 0.2) is 152 Å². The number of hydrogen-bond acceptors (Lipinski definition) is 27. The molecule has 1 amide bonds. The Morgan fingerprint density at radius 3 is 1.08 bits per heavy atom. The number of methoxy groups -OCH3 is 2. The minimum atomic E-state index is 0.145. The number of piperazine rings is 1. The van der Waals surface area contributed by atoms with Crippen molar-refractivity contribution in [1.29, 1.82) is 0 Å². The Morgan fingerprint density at radius 2 is 0.727 bits per heavy atom. The molecule has 3 saturated heterocycles. The second kappa shape index (κ2) is 47.0. The number of pyridine rings is 1. The van der Waals surface area contributed by atoms with Crippen LogP contribution in [0.1, 0.15) is 198 Å². The molecule has 5 aliphatic carbocycles. The highest BCUT2D eigenvalue weighted by molar-refractivity contribution is 5.95. The number of nitrogens with two attached hydrogens (primary N) is 5. The molecule has 18 rings (SSSR count). The van der Waals surface area contributed by atoms with Gasteiger partial charge < -0.3 is 71.6 Å². The molecule has 8 aliphatic rings. The molecule has 4 aromatic carbocycles. The molecule has 0 spiro atoms. The summed E-state index contributed by atoms with van der Waals surface area (Å²) in [4.78, 5) is 69.8. The summed E-state index contributed by atoms with van der Waals surface area (Å²) in [5, 5.41) is 0. The topological polar surface area (TPSA) is 367 Å². The molecule has 6 aromatic heterocycles. The molecule has 10 N–H and O–H groups in total. The van der Waals surface area contributed by atoms with E-state index in [1.807, 2.05) is 66.4 Å². The van der Waals surface area contributed by atoms with E-state index in [0.717, 1.165) is 200 Å². The third-order valence-electron chi connectivity index (χ3n) is 25.1. The SMILES string of the molecule is CCCCOc1nc(N)c2c(n1)C(Cc1ccc(C3CCCN3C)cc1)=CC2.CCCCOc1nc(N)c2c(n1)C(Cc1ccc(C3CCN(C)CC3)cc1)=CC2.CCCCOc1nc(N)c2c(n1)C(Cc1ccc(N3CCN(C)CC3=O)cc1)=CC2.COCCOc1nc(N)c2c(n1)C(Cc1ccc(C)nc1)=CC2.COCCOc1nc(N)c2c(n1)C(Cc1ccccc1)=CC2. The van der Waals surface area contributed by atoms with Gasteiger partial charge in [-0.1, -0.05) is 167 Å². The molecule has 694 valence electrons. The average molecular weight is 1790 g/mol. The maximum atomic E-state index is 12.3. The van der Waals surface area contributed by atoms with Crippen molar-refractivity contribution in [2.45, 2.75) is 168 Å². The van der Waals surface area contributed by atoms with Crippen LogP contribution < -0.4 is 57.3 Å². The monoisotopic (exact) mass is 1790 g/mol. The molecule has 3 fully saturated rings. The number of ether oxygens (including phenoxy) is 7. The smallest absolute Gasteiger partial charge is 0.319 e. The number of fused-ring (bicyclic) bond motifs is 5. The minimum absolute atomic E-state index is 0.145. The van der Waals surface area contributed by atoms with Gasteiger partial charge in [0.05, 0.1) is 68.0 Å². The molecule has 0 saturated carbocycles. The number of hydrogen-bond donors (Lipinski definition) is 5. The van der Waals surface area contributed by atoms with Crippen LogP contribution in [0.2, 0.25) is 0 Å². The van der Waals surface area contributed by atoms with Crippen molar-refractivity contribution in [3.05, 3.63) is 253 Å². The summed E-state index contributed by atoms with van der Waals surface area (Å²) in [7, 11) is 9.65. The van der Waals surface area contributed by atoms with Gasteiger partial charge in [-0.2, -0.15) is 49.8 Å². The van der Waals surface area contributed by atoms with Gasteiger partial charge in [0.25, 0.3) is 0 Å². The first-order valence-electron chi connectivity index (χ1n) is 46.8. The van der Waals surface area contributed by atoms with Crippen molar-refractivity contribution < 1.29 is 38.0 Å². The lowest BCUT2D eigenvalue weighted by atomic mass is 9.88. The first-order chi connectivity index (χ1) is 64.3. The number of carbonyl (C=O) groups is 1. The number of anilines is 6. The number of nitrogen functional groups attached to an aromatic ring is 5. The number of amides is 1. The molecule has 10 aromatic rings. The number of aromatic nitrogens is 11. The molecule has 28 heteroatoms. The molecule has 1 atom stereocenters. The quantitative estimate of drug-likeness (QED) is 0.0239. The van der Waals surface area contributed by atoms with Gasteiger partial charge in [-0.3, -0.25) is 19.6 Å². The van der Waals surface area contributed by atoms with Crippen LogP contribution >= 0.6 is 0 Å². The normalized spacial score (nSPS) is 15.9. The second-order valence-corrected chi connectivity index (χ2v) is 34.9. The summed E-state index contributed by atoms with van der Waals surface area (Å²) >= 11 is 0. The zero-order chi connectivity index (χ0) is 92.4. The van der Waals surface area contributed by atoms with Crippen LogP contribution in [0.3, 0.4) is 0 Å². The van der Waals surface area contributed by atoms with Gasteiger partial charge in [0.15, 0.2) is 0 Å². The van der Waals surface area contributed by atoms with Crippen molar-refractivity contribution in [1.82, 2.24) is 69.5 Å². The molecule has 132 heavy (non-hydrogen) atoms. The second-order valence-electron chi connectivity index (χ2n) is 34.9. The zero-order valence-electron chi connectivity index (χ0n) is 78.3. The number of likely N-dealkylation sites (N-methyl/N-ethyl adjacent to an activating group) is 1. The van der Waals surface area contributed by atoms with Crippen LogP contribution in [-0.2, 0) is 78.5 Å². The number of unbranched alkanes of at least 4 members (excludes halogenated alkanes) is 3. The minimum Gasteiger partial charge on any atom is -0.463 e. The Bertz CT molecular complexity index is 5710. The van der Waals surface area contributed by atoms with E-state index in [0.29, 0.717) is 124 Å². The lowest BCUT2D eigenvalue weighted by molar-refractivity contribution is -0.120. The van der Waals surface area contributed by atoms with Gasteiger partial charge in [0, 0.05) is 85.2 Å². The Morgan fingerprint density at radius 1 is 0.371 bits per heavy atom. The Kier molecular flexibility index (Phi) is 34.0. The number of piperidine rings is 1. The molecule has 0 bridgehead atoms. The third-order valence-corrected chi connectivity index (χ3v) is 25.1. The number of allylic oxidation sites excluding steroid dienone is 10. The lowest BCUT2D eigenvalue weighted by Crippen LogP contribution is -2.48. The predicted octanol–water partition coefficient (Wildman–Crippen LogP) is 15.3. The lowest BCUT2D eigenvalue weighted by Gasteiger charge is -2.32. The number of nitrogens with zero attached hydrogens (tertiary/aromatic N) is 15. The molecular weight excluding hydrogens is 1660 g/mol. The summed E-state index contributed by atoms with van der Waals surface area (Å²) in [6.07, 6.45) is 32.1. The van der Waals surface area contributed by atoms with Crippen LogP contribution in [0.25, 0.3) is 27.9 Å². The maximum absolute atomic E-state index is 12.3. The maximum Gasteiger partial charge on any atom is 0.319 e. The average Bonchev–Trinajstić information content (AvgIpc) is 1.65. The number of likely N-dealkylation sites (tertiary alicyclic amines) is 2. The van der Waals surface area contributed by atoms with Gasteiger partial charge in [-0.25, -0.2) is 0 Å². The summed E-state index contributed by atoms with van der Waals surface area (Å²) in [5.41, 5.74) is 57.1. The van der Waals surface area contributed by atoms with E-state index < -0.39 is 0 Å². The standard InChI is InChI=1S/C24H32N4O.C23H29N5O2.C23H30N4O.C17H20N4O2.C17H19N3O2/c1-3-4-15-29-24-26-22-20(9-10-21(22)23(25)27-24)16-17-5-7-18(8-6-17)19-11-13-28(2)14-12-19;1-3-4-13-30-23-25-21-17(7-10-19(21)22(24)26-23)14-16-5-8-18(9-6-16)28-12-11-27(2)15-20(28)29;1-3-4-14-28-23-25-21-18(11-12-19(21)22(24)26-23)15-16-7-9-17(10-8-16)20-6-5-13-27(20)2;1-11-3-4-12(10-19-11)9-13-5-6-14-15(13)20-17(21-16(14)18)23-8-7-22-2;1-21-9-10-22-17-19-15-13(7-8-14(15)16(18)20-17)11-12-5-3-2-4-6-12/h5-9,19H,3-4,10-16H2,1-2H3,(H2,25,26,27);5-9H,3-4,10-15H2,1-2H3,(H2,24,25,26);7-11,20H,3-6,12-15H2,1-2H3,(H2,24,25,26);3-5,10H,6-9H2,1-2H3,(H2,18,20,21);2-7H,8-11H2,1H3,(H2,18,19,20). The predicted molar refractivity (Wildman–Crippen MR) is 524 cm³/mol. The van der Waals surface area contributed by atoms with Crippen LogP contribution in [0.4, 0.5) is 34.8 Å². The van der Waals surface area contributed by atoms with Gasteiger partial charge in [-0.15, -0.1) is 0 Å². The van der Waals surface area contributed by atoms with Gasteiger partial charge in [-0.05, 0) is 241 Å². The van der Waals surface area contributed by atoms with E-state index >= 15 is 0 Å². The highest BCUT2D eigenvalue weighted by atomic mass is 16.5. The van der Waals surface area contributed by atoms with Crippen LogP contribution in [0.5, 0.6) is 30.1 Å². The van der Waals surface area contributed by atoms with Crippen molar-refractivity contribution in [3.8, 4) is 30.1 Å². The fourth-order valence-electron chi connectivity index (χ4n) is 17.4. The largest absolute Gasteiger partial charge is 0.463 e. The van der Waals surface area contributed by atoms with E-state index in [1.54, 1.807) is 14.2 Å². The molecule has 28 nitrogen and oxygen atoms in total. The van der Waals surface area contributed by atoms with E-state index in [9.17, 15) is 4.79 Å². The Labute approximate surface area is 777 Å². The van der Waals surface area contributed by atoms with Crippen molar-refractivity contribution in [2.24, 2.45) is 0 Å². The first kappa shape index (κ1) is 95.5.